The summed E-state index contributed by atoms with van der Waals surface area (Å²) in [5, 5.41) is 10.5. The van der Waals surface area contributed by atoms with Gasteiger partial charge in [-0.1, -0.05) is 412 Å². The van der Waals surface area contributed by atoms with E-state index in [1.54, 1.807) is 0 Å². The third-order valence-corrected chi connectivity index (χ3v) is 26.0. The minimum atomic E-state index is 0.973. The number of hydrogen-bond acceptors (Lipinski definition) is 4. The molecule has 0 radical (unpaired) electrons. The van der Waals surface area contributed by atoms with Crippen LogP contribution < -0.4 is 0 Å². The van der Waals surface area contributed by atoms with E-state index in [9.17, 15) is 0 Å². The van der Waals surface area contributed by atoms with Gasteiger partial charge in [0, 0.05) is 61.9 Å². The fourth-order valence-electron chi connectivity index (χ4n) is 16.1. The second kappa shape index (κ2) is 43.2. The Morgan fingerprint density at radius 2 is 0.377 bits per heavy atom. The lowest BCUT2D eigenvalue weighted by Gasteiger charge is -2.07. The van der Waals surface area contributed by atoms with Gasteiger partial charge in [-0.25, -0.2) is 0 Å². The van der Waals surface area contributed by atoms with Gasteiger partial charge in [0.25, 0.3) is 0 Å². The number of aryl methyl sites for hydroxylation is 18. The van der Waals surface area contributed by atoms with Crippen molar-refractivity contribution in [3.63, 3.8) is 0 Å². The molecule has 0 saturated carbocycles. The molecule has 0 unspecified atom stereocenters. The van der Waals surface area contributed by atoms with Crippen molar-refractivity contribution in [2.45, 2.75) is 125 Å². The molecule has 646 valence electrons. The maximum absolute atomic E-state index is 5.91. The van der Waals surface area contributed by atoms with Crippen LogP contribution in [-0.2, 0) is 0 Å². The minimum Gasteiger partial charge on any atom is -0.456 e. The Morgan fingerprint density at radius 1 is 0.146 bits per heavy atom. The second-order valence-electron chi connectivity index (χ2n) is 34.9. The maximum atomic E-state index is 5.91. The first-order chi connectivity index (χ1) is 62.8. The van der Waals surface area contributed by atoms with E-state index < -0.39 is 0 Å². The van der Waals surface area contributed by atoms with Crippen LogP contribution in [0.2, 0.25) is 0 Å². The number of fused-ring (bicyclic) bond motifs is 12. The van der Waals surface area contributed by atoms with Crippen LogP contribution in [0.4, 0.5) is 0 Å². The summed E-state index contributed by atoms with van der Waals surface area (Å²) >= 11 is 3.79. The lowest BCUT2D eigenvalue weighted by Crippen LogP contribution is -1.83. The summed E-state index contributed by atoms with van der Waals surface area (Å²) < 4.78 is 17.3. The van der Waals surface area contributed by atoms with Crippen molar-refractivity contribution < 1.29 is 8.83 Å². The van der Waals surface area contributed by atoms with E-state index in [1.165, 1.54) is 218 Å². The Hall–Kier alpha value is -14.0. The molecule has 4 aromatic heterocycles. The topological polar surface area (TPSA) is 26.3 Å². The van der Waals surface area contributed by atoms with E-state index >= 15 is 0 Å². The molecule has 0 aliphatic heterocycles. The van der Waals surface area contributed by atoms with Crippen LogP contribution in [0.5, 0.6) is 0 Å². The van der Waals surface area contributed by atoms with Gasteiger partial charge in [-0.3, -0.25) is 0 Å². The Bertz CT molecular complexity index is 6960. The Kier molecular flexibility index (Phi) is 30.6. The van der Waals surface area contributed by atoms with Crippen molar-refractivity contribution in [1.82, 2.24) is 0 Å². The fraction of sp³-hybridized carbons (Fsp3) is 0.143. The fourth-order valence-corrected chi connectivity index (χ4v) is 18.4. The van der Waals surface area contributed by atoms with E-state index in [4.69, 9.17) is 8.83 Å². The zero-order chi connectivity index (χ0) is 91.5. The molecule has 0 fully saturated rings. The number of thiophene rings is 2. The van der Waals surface area contributed by atoms with Crippen molar-refractivity contribution in [2.75, 3.05) is 0 Å². The molecule has 0 aliphatic carbocycles. The van der Waals surface area contributed by atoms with Crippen LogP contribution in [0.3, 0.4) is 0 Å². The molecule has 0 N–H and O–H groups in total. The summed E-state index contributed by atoms with van der Waals surface area (Å²) in [7, 11) is 0. The van der Waals surface area contributed by atoms with Gasteiger partial charge in [0.15, 0.2) is 0 Å². The lowest BCUT2D eigenvalue weighted by molar-refractivity contribution is 0.662. The largest absolute Gasteiger partial charge is 0.456 e. The number of benzene rings is 18. The molecule has 0 bridgehead atoms. The monoisotopic (exact) mass is 1730 g/mol. The van der Waals surface area contributed by atoms with Gasteiger partial charge in [0.1, 0.15) is 22.3 Å². The first kappa shape index (κ1) is 92.2. The third kappa shape index (κ3) is 24.1. The molecular weight excluding hydrogens is 1610 g/mol. The highest BCUT2D eigenvalue weighted by Crippen LogP contribution is 2.40. The zero-order valence-electron chi connectivity index (χ0n) is 78.6. The van der Waals surface area contributed by atoms with E-state index in [0.717, 1.165) is 22.3 Å². The quantitative estimate of drug-likeness (QED) is 0.172. The van der Waals surface area contributed by atoms with E-state index in [2.05, 4.69) is 501 Å². The summed E-state index contributed by atoms with van der Waals surface area (Å²) in [5.74, 6) is 0. The predicted molar refractivity (Wildman–Crippen MR) is 571 cm³/mol. The van der Waals surface area contributed by atoms with Crippen LogP contribution in [-0.4, -0.2) is 0 Å². The highest BCUT2D eigenvalue weighted by molar-refractivity contribution is 7.26. The Balaban J connectivity index is 0.000000119. The van der Waals surface area contributed by atoms with Gasteiger partial charge >= 0.3 is 0 Å². The average molecular weight is 1730 g/mol. The molecule has 4 heterocycles. The average Bonchev–Trinajstić information content (AvgIpc) is 1.65. The number of para-hydroxylation sites is 2. The summed E-state index contributed by atoms with van der Waals surface area (Å²) in [6.07, 6.45) is 0. The zero-order valence-corrected chi connectivity index (χ0v) is 80.2. The van der Waals surface area contributed by atoms with Gasteiger partial charge in [0.05, 0.1) is 0 Å². The number of rotatable bonds is 5. The predicted octanol–water partition coefficient (Wildman–Crippen LogP) is 37.6. The van der Waals surface area contributed by atoms with Gasteiger partial charge in [-0.05, 0) is 257 Å². The summed E-state index contributed by atoms with van der Waals surface area (Å²) in [6.45, 7) is 38.2. The van der Waals surface area contributed by atoms with Crippen molar-refractivity contribution >= 4 is 107 Å². The second-order valence-corrected chi connectivity index (χ2v) is 37.0. The molecule has 22 aromatic rings. The summed E-state index contributed by atoms with van der Waals surface area (Å²) in [4.78, 5) is 0. The molecule has 0 amide bonds. The van der Waals surface area contributed by atoms with E-state index in [1.807, 2.05) is 34.8 Å². The first-order valence-corrected chi connectivity index (χ1v) is 46.7. The minimum absolute atomic E-state index is 0.973. The lowest BCUT2D eigenvalue weighted by atomic mass is 9.97. The van der Waals surface area contributed by atoms with Crippen molar-refractivity contribution in [2.24, 2.45) is 0 Å². The molecular formula is C126H118O2S2. The van der Waals surface area contributed by atoms with Gasteiger partial charge in [-0.15, -0.1) is 22.7 Å². The SMILES string of the molecule is Cc1ccc(-c2ccc(C)cc2)cc1.Cc1ccc(-c2cccc(C)c2)cc1.Cc1ccc(C)cc1.Cc1ccc2oc3ccc(C)cc3c2c1.Cc1ccc2sc3ccc(C)cc3c2c1.Cc1cccc(-c2cccc(-c3cccc(C)c3)c2)c1.Cc1cccc(-c2cccc(C)c2)c1.Cc1cccc2c1oc1c(C)cccc12.Cc1cccc2c1sc1c(C)cccc12. The molecule has 130 heavy (non-hydrogen) atoms. The summed E-state index contributed by atoms with van der Waals surface area (Å²) in [6, 6.07) is 138. The molecule has 0 spiro atoms. The molecule has 18 aromatic carbocycles. The van der Waals surface area contributed by atoms with Crippen LogP contribution >= 0.6 is 22.7 Å². The molecule has 4 heteroatoms. The van der Waals surface area contributed by atoms with Crippen LogP contribution in [0.1, 0.15) is 100 Å². The molecule has 22 rings (SSSR count). The number of hydrogen-bond donors (Lipinski definition) is 0. The van der Waals surface area contributed by atoms with Crippen LogP contribution in [0.25, 0.3) is 140 Å². The molecule has 0 saturated heterocycles. The normalized spacial score (nSPS) is 10.7. The van der Waals surface area contributed by atoms with Gasteiger partial charge < -0.3 is 8.83 Å². The standard InChI is InChI=1S/C20H18.2C14H12O.2C14H12S.3C14H14.C8H10/c1-15-6-3-8-17(12-15)19-10-5-11-20(14-19)18-9-4-7-16(2)13-18;1-9-3-5-13-11(7-9)12-8-10(2)4-6-14(12)15-13;1-9-5-3-7-11-12-8-4-6-10(2)14(12)15-13(9)11;1-9-3-5-13-11(7-9)12-8-10(2)4-6-14(12)15-13;1-9-5-3-7-11-12-8-4-6-10(2)14(12)15-13(9)11;1-11-3-7-13(8-4-11)14-9-5-12(2)6-10-14;1-11-5-3-7-13(9-11)14-8-4-6-12(2)10-14;1-11-6-8-13(9-7-11)14-5-3-4-12(2)10-14;1-7-3-5-8(2)6-4-7/h3-14H,1-2H3;4*3-8H,1-2H3;3*3-10H,1-2H3;3-6H,1-2H3. The molecule has 0 atom stereocenters. The van der Waals surface area contributed by atoms with Crippen molar-refractivity contribution in [3.8, 4) is 55.6 Å². The van der Waals surface area contributed by atoms with E-state index in [0.29, 0.717) is 0 Å². The molecule has 2 nitrogen and oxygen atoms in total. The van der Waals surface area contributed by atoms with Crippen LogP contribution in [0, 0.1) is 125 Å². The Morgan fingerprint density at radius 3 is 0.692 bits per heavy atom. The van der Waals surface area contributed by atoms with Gasteiger partial charge in [-0.2, -0.15) is 0 Å². The highest BCUT2D eigenvalue weighted by Gasteiger charge is 2.13. The Labute approximate surface area is 778 Å². The van der Waals surface area contributed by atoms with Crippen LogP contribution in [0.15, 0.2) is 397 Å². The van der Waals surface area contributed by atoms with Gasteiger partial charge in [0.2, 0.25) is 0 Å². The smallest absolute Gasteiger partial charge is 0.138 e. The van der Waals surface area contributed by atoms with E-state index in [-0.39, 0.29) is 0 Å². The van der Waals surface area contributed by atoms with Crippen molar-refractivity contribution in [3.05, 3.63) is 488 Å². The first-order valence-electron chi connectivity index (χ1n) is 45.0. The third-order valence-electron chi connectivity index (χ3n) is 23.4. The molecule has 0 aliphatic rings. The summed E-state index contributed by atoms with van der Waals surface area (Å²) in [5.41, 5.74) is 40.3. The number of furan rings is 2. The highest BCUT2D eigenvalue weighted by atomic mass is 32.1. The van der Waals surface area contributed by atoms with Crippen molar-refractivity contribution in [1.29, 1.82) is 0 Å². The maximum Gasteiger partial charge on any atom is 0.138 e.